The number of amides is 1. The molecule has 1 aliphatic heterocycles. The smallest absolute Gasteiger partial charge is 0.257 e. The van der Waals surface area contributed by atoms with Crippen molar-refractivity contribution in [3.63, 3.8) is 0 Å². The highest BCUT2D eigenvalue weighted by Crippen LogP contribution is 2.34. The normalized spacial score (nSPS) is 18.3. The molecule has 2 aliphatic rings. The Labute approximate surface area is 148 Å². The third-order valence-electron chi connectivity index (χ3n) is 4.44. The summed E-state index contributed by atoms with van der Waals surface area (Å²) in [5.74, 6) is 0.551. The molecule has 2 heterocycles. The summed E-state index contributed by atoms with van der Waals surface area (Å²) in [4.78, 5) is 29.7. The van der Waals surface area contributed by atoms with Crippen LogP contribution in [0.1, 0.15) is 30.1 Å². The van der Waals surface area contributed by atoms with E-state index >= 15 is 0 Å². The van der Waals surface area contributed by atoms with E-state index in [1.807, 2.05) is 12.1 Å². The van der Waals surface area contributed by atoms with Crippen LogP contribution in [-0.2, 0) is 17.6 Å². The summed E-state index contributed by atoms with van der Waals surface area (Å²) in [6.45, 7) is 0. The summed E-state index contributed by atoms with van der Waals surface area (Å²) in [6.07, 6.45) is 2.91. The fourth-order valence-corrected chi connectivity index (χ4v) is 4.62. The molecule has 1 aromatic carbocycles. The molecule has 1 N–H and O–H groups in total. The summed E-state index contributed by atoms with van der Waals surface area (Å²) in [5.41, 5.74) is 2.40. The van der Waals surface area contributed by atoms with E-state index in [1.54, 1.807) is 28.5 Å². The van der Waals surface area contributed by atoms with E-state index in [4.69, 9.17) is 11.6 Å². The van der Waals surface area contributed by atoms with Gasteiger partial charge in [-0.05, 0) is 31.4 Å². The zero-order valence-corrected chi connectivity index (χ0v) is 14.5. The number of rotatable bonds is 3. The average Bonchev–Trinajstić information content (AvgIpc) is 3.17. The quantitative estimate of drug-likeness (QED) is 0.853. The number of benzene rings is 1. The predicted octanol–water partition coefficient (Wildman–Crippen LogP) is 3.06. The Morgan fingerprint density at radius 3 is 3.04 bits per heavy atom. The molecule has 1 aliphatic carbocycles. The maximum atomic E-state index is 12.7. The number of hydrogen-bond donors (Lipinski definition) is 1. The number of fused-ring (bicyclic) bond motifs is 2. The van der Waals surface area contributed by atoms with E-state index in [-0.39, 0.29) is 23.9 Å². The van der Waals surface area contributed by atoms with E-state index in [2.05, 4.69) is 10.3 Å². The first-order valence-electron chi connectivity index (χ1n) is 7.95. The van der Waals surface area contributed by atoms with Crippen molar-refractivity contribution >= 4 is 35.0 Å². The molecule has 4 rings (SSSR count). The summed E-state index contributed by atoms with van der Waals surface area (Å²) in [7, 11) is 0. The molecule has 0 radical (unpaired) electrons. The Morgan fingerprint density at radius 1 is 1.38 bits per heavy atom. The molecule has 0 bridgehead atoms. The molecule has 0 saturated heterocycles. The van der Waals surface area contributed by atoms with Gasteiger partial charge >= 0.3 is 0 Å². The van der Waals surface area contributed by atoms with Gasteiger partial charge in [-0.1, -0.05) is 35.5 Å². The molecule has 24 heavy (non-hydrogen) atoms. The van der Waals surface area contributed by atoms with E-state index in [1.165, 1.54) is 0 Å². The van der Waals surface area contributed by atoms with Crippen LogP contribution in [0.5, 0.6) is 0 Å². The van der Waals surface area contributed by atoms with Crippen LogP contribution in [0, 0.1) is 0 Å². The third-order valence-corrected chi connectivity index (χ3v) is 5.87. The van der Waals surface area contributed by atoms with Gasteiger partial charge in [-0.2, -0.15) is 0 Å². The molecule has 1 amide bonds. The predicted molar refractivity (Wildman–Crippen MR) is 95.0 cm³/mol. The van der Waals surface area contributed by atoms with Gasteiger partial charge in [0.05, 0.1) is 22.4 Å². The number of aromatic nitrogens is 2. The Bertz CT molecular complexity index is 881. The highest BCUT2D eigenvalue weighted by Gasteiger charge is 2.31. The number of hydrogen-bond acceptors (Lipinski definition) is 4. The Kier molecular flexibility index (Phi) is 4.10. The van der Waals surface area contributed by atoms with Crippen molar-refractivity contribution < 1.29 is 4.79 Å². The number of para-hydroxylation sites is 1. The van der Waals surface area contributed by atoms with Crippen LogP contribution in [-0.4, -0.2) is 21.2 Å². The first-order chi connectivity index (χ1) is 11.6. The van der Waals surface area contributed by atoms with E-state index < -0.39 is 0 Å². The molecular formula is C17H16ClN3O2S. The minimum absolute atomic E-state index is 0.0352. The molecule has 0 saturated carbocycles. The van der Waals surface area contributed by atoms with Crippen LogP contribution >= 0.6 is 23.4 Å². The molecule has 1 atom stereocenters. The topological polar surface area (TPSA) is 64.0 Å². The monoisotopic (exact) mass is 361 g/mol. The van der Waals surface area contributed by atoms with Crippen molar-refractivity contribution in [1.29, 1.82) is 0 Å². The lowest BCUT2D eigenvalue weighted by molar-refractivity contribution is -0.116. The van der Waals surface area contributed by atoms with Gasteiger partial charge in [-0.15, -0.1) is 0 Å². The van der Waals surface area contributed by atoms with Crippen molar-refractivity contribution in [3.05, 3.63) is 50.9 Å². The third kappa shape index (κ3) is 2.74. The highest BCUT2D eigenvalue weighted by atomic mass is 35.5. The van der Waals surface area contributed by atoms with Crippen molar-refractivity contribution in [2.75, 3.05) is 11.1 Å². The van der Waals surface area contributed by atoms with Crippen LogP contribution in [0.2, 0.25) is 5.02 Å². The van der Waals surface area contributed by atoms with Gasteiger partial charge in [0.1, 0.15) is 0 Å². The number of halogens is 1. The molecule has 2 aromatic rings. The maximum Gasteiger partial charge on any atom is 0.257 e. The van der Waals surface area contributed by atoms with Crippen molar-refractivity contribution in [2.24, 2.45) is 0 Å². The summed E-state index contributed by atoms with van der Waals surface area (Å²) in [5, 5.41) is 4.07. The van der Waals surface area contributed by atoms with Gasteiger partial charge in [-0.25, -0.2) is 4.98 Å². The second-order valence-corrected chi connectivity index (χ2v) is 7.44. The van der Waals surface area contributed by atoms with Crippen LogP contribution < -0.4 is 10.9 Å². The molecule has 1 unspecified atom stereocenters. The van der Waals surface area contributed by atoms with E-state index in [0.29, 0.717) is 16.5 Å². The molecular weight excluding hydrogens is 346 g/mol. The number of nitrogens with one attached hydrogen (secondary N) is 1. The zero-order valence-electron chi connectivity index (χ0n) is 12.9. The van der Waals surface area contributed by atoms with Crippen molar-refractivity contribution in [2.45, 2.75) is 36.9 Å². The lowest BCUT2D eigenvalue weighted by Crippen LogP contribution is -2.30. The molecule has 5 nitrogen and oxygen atoms in total. The van der Waals surface area contributed by atoms with Gasteiger partial charge in [0, 0.05) is 17.7 Å². The molecule has 0 fully saturated rings. The maximum absolute atomic E-state index is 12.7. The van der Waals surface area contributed by atoms with Crippen LogP contribution in [0.25, 0.3) is 0 Å². The Hall–Kier alpha value is -1.79. The zero-order chi connectivity index (χ0) is 16.7. The standard InChI is InChI=1S/C17H16ClN3O2S/c18-12-5-1-2-6-14(12)19-15(22)8-10-9-24-17-20-13-7-3-4-11(13)16(23)21(10)17/h1-2,5-6,10H,3-4,7-9H2,(H,19,22). The number of carbonyl (C=O) groups is 1. The fraction of sp³-hybridized carbons (Fsp3) is 0.353. The van der Waals surface area contributed by atoms with Crippen molar-refractivity contribution in [1.82, 2.24) is 9.55 Å². The molecule has 0 spiro atoms. The summed E-state index contributed by atoms with van der Waals surface area (Å²) >= 11 is 7.62. The minimum atomic E-state index is -0.154. The first-order valence-corrected chi connectivity index (χ1v) is 9.31. The lowest BCUT2D eigenvalue weighted by atomic mass is 10.2. The number of thioether (sulfide) groups is 1. The number of anilines is 1. The van der Waals surface area contributed by atoms with Gasteiger partial charge in [-0.3, -0.25) is 14.2 Å². The lowest BCUT2D eigenvalue weighted by Gasteiger charge is -2.14. The fourth-order valence-electron chi connectivity index (χ4n) is 3.28. The highest BCUT2D eigenvalue weighted by molar-refractivity contribution is 7.99. The van der Waals surface area contributed by atoms with E-state index in [0.717, 1.165) is 35.7 Å². The SMILES string of the molecule is O=C(CC1CSc2nc3c(c(=O)n21)CCC3)Nc1ccccc1Cl. The van der Waals surface area contributed by atoms with Crippen molar-refractivity contribution in [3.8, 4) is 0 Å². The van der Waals surface area contributed by atoms with Gasteiger partial charge in [0.2, 0.25) is 5.91 Å². The van der Waals surface area contributed by atoms with Crippen LogP contribution in [0.15, 0.2) is 34.2 Å². The largest absolute Gasteiger partial charge is 0.325 e. The second-order valence-electron chi connectivity index (χ2n) is 6.05. The van der Waals surface area contributed by atoms with Gasteiger partial charge in [0.15, 0.2) is 5.16 Å². The first kappa shape index (κ1) is 15.7. The number of nitrogens with zero attached hydrogens (tertiary/aromatic N) is 2. The average molecular weight is 362 g/mol. The number of carbonyl (C=O) groups excluding carboxylic acids is 1. The summed E-state index contributed by atoms with van der Waals surface area (Å²) in [6, 6.07) is 6.97. The van der Waals surface area contributed by atoms with Gasteiger partial charge in [0.25, 0.3) is 5.56 Å². The molecule has 1 aromatic heterocycles. The Morgan fingerprint density at radius 2 is 2.21 bits per heavy atom. The Balaban J connectivity index is 1.55. The van der Waals surface area contributed by atoms with Crippen LogP contribution in [0.3, 0.4) is 0 Å². The van der Waals surface area contributed by atoms with Gasteiger partial charge < -0.3 is 5.32 Å². The second kappa shape index (κ2) is 6.26. The minimum Gasteiger partial charge on any atom is -0.325 e. The summed E-state index contributed by atoms with van der Waals surface area (Å²) < 4.78 is 1.71. The van der Waals surface area contributed by atoms with Crippen LogP contribution in [0.4, 0.5) is 5.69 Å². The number of aryl methyl sites for hydroxylation is 1. The molecule has 7 heteroatoms. The molecule has 124 valence electrons. The van der Waals surface area contributed by atoms with E-state index in [9.17, 15) is 9.59 Å².